The lowest BCUT2D eigenvalue weighted by Crippen LogP contribution is -2.62. The third-order valence-corrected chi connectivity index (χ3v) is 6.48. The minimum Gasteiger partial charge on any atom is -0.504 e. The largest absolute Gasteiger partial charge is 0.504 e. The summed E-state index contributed by atoms with van der Waals surface area (Å²) in [5, 5.41) is 12.8. The fourth-order valence-electron chi connectivity index (χ4n) is 4.82. The van der Waals surface area contributed by atoms with E-state index in [-0.39, 0.29) is 11.2 Å². The Morgan fingerprint density at radius 3 is 2.66 bits per heavy atom. The van der Waals surface area contributed by atoms with E-state index in [1.54, 1.807) is 6.07 Å². The van der Waals surface area contributed by atoms with Crippen LogP contribution in [0.4, 0.5) is 11.4 Å². The van der Waals surface area contributed by atoms with Crippen molar-refractivity contribution in [1.29, 1.82) is 0 Å². The van der Waals surface area contributed by atoms with Gasteiger partial charge >= 0.3 is 0 Å². The monoisotopic (exact) mass is 386 g/mol. The van der Waals surface area contributed by atoms with Gasteiger partial charge in [-0.1, -0.05) is 55.8 Å². The smallest absolute Gasteiger partial charge is 0.229 e. The fourth-order valence-corrected chi connectivity index (χ4v) is 4.82. The van der Waals surface area contributed by atoms with E-state index in [9.17, 15) is 5.11 Å². The molecule has 0 amide bonds. The summed E-state index contributed by atoms with van der Waals surface area (Å²) < 4.78 is 6.75. The van der Waals surface area contributed by atoms with Crippen molar-refractivity contribution in [1.82, 2.24) is 0 Å². The first-order valence-corrected chi connectivity index (χ1v) is 10.4. The van der Waals surface area contributed by atoms with Gasteiger partial charge in [-0.05, 0) is 43.4 Å². The van der Waals surface area contributed by atoms with E-state index in [1.807, 2.05) is 30.5 Å². The second-order valence-electron chi connectivity index (χ2n) is 8.50. The average molecular weight is 386 g/mol. The maximum atomic E-state index is 10.8. The number of hydrogen-bond acceptors (Lipinski definition) is 4. The fraction of sp³-hybridized carbons (Fsp3) is 0.320. The van der Waals surface area contributed by atoms with Crippen molar-refractivity contribution in [2.75, 3.05) is 11.4 Å². The first kappa shape index (κ1) is 18.0. The molecule has 0 radical (unpaired) electrons. The van der Waals surface area contributed by atoms with Crippen LogP contribution >= 0.6 is 0 Å². The lowest BCUT2D eigenvalue weighted by molar-refractivity contribution is 0.0744. The Balaban J connectivity index is 1.72. The highest BCUT2D eigenvalue weighted by Crippen LogP contribution is 2.56. The molecule has 2 heterocycles. The second kappa shape index (κ2) is 6.24. The SMILES string of the molecule is CCCCN1c2ccccc2C(C)(C)C12C=Nc1c(c(O)cc3ccccc13)O2. The Morgan fingerprint density at radius 2 is 1.83 bits per heavy atom. The number of phenolic OH excluding ortho intramolecular Hbond substituents is 1. The molecule has 0 aromatic heterocycles. The zero-order valence-electron chi connectivity index (χ0n) is 17.1. The number of ether oxygens (including phenoxy) is 1. The molecule has 0 saturated carbocycles. The zero-order chi connectivity index (χ0) is 20.2. The number of fused-ring (bicyclic) bond motifs is 4. The van der Waals surface area contributed by atoms with Crippen molar-refractivity contribution in [3.63, 3.8) is 0 Å². The maximum Gasteiger partial charge on any atom is 0.229 e. The molecule has 2 aliphatic rings. The predicted octanol–water partition coefficient (Wildman–Crippen LogP) is 5.93. The number of unbranched alkanes of at least 4 members (excludes halogenated alkanes) is 1. The third-order valence-electron chi connectivity index (χ3n) is 6.48. The minimum atomic E-state index is -0.779. The van der Waals surface area contributed by atoms with Crippen LogP contribution in [0.15, 0.2) is 59.6 Å². The van der Waals surface area contributed by atoms with Crippen LogP contribution in [-0.4, -0.2) is 23.6 Å². The van der Waals surface area contributed by atoms with Gasteiger partial charge in [-0.3, -0.25) is 4.99 Å². The van der Waals surface area contributed by atoms with Gasteiger partial charge in [0, 0.05) is 17.6 Å². The Hall–Kier alpha value is -3.01. The molecule has 3 aromatic carbocycles. The van der Waals surface area contributed by atoms with Crippen molar-refractivity contribution in [3.05, 3.63) is 60.2 Å². The van der Waals surface area contributed by atoms with Crippen molar-refractivity contribution in [2.24, 2.45) is 4.99 Å². The standard InChI is InChI=1S/C25H26N2O2/c1-4-5-14-27-20-13-9-8-12-19(20)24(2,3)25(27)16-26-22-18-11-7-6-10-17(18)15-21(28)23(22)29-25/h6-13,15-16,28H,4-5,14H2,1-3H3. The highest BCUT2D eigenvalue weighted by atomic mass is 16.5. The van der Waals surface area contributed by atoms with Crippen LogP contribution < -0.4 is 9.64 Å². The van der Waals surface area contributed by atoms with Gasteiger partial charge in [0.05, 0.1) is 11.6 Å². The molecule has 0 bridgehead atoms. The number of aliphatic imine (C=N–C) groups is 1. The van der Waals surface area contributed by atoms with E-state index in [0.29, 0.717) is 11.4 Å². The summed E-state index contributed by atoms with van der Waals surface area (Å²) in [7, 11) is 0. The number of phenols is 1. The quantitative estimate of drug-likeness (QED) is 0.606. The summed E-state index contributed by atoms with van der Waals surface area (Å²) in [6.45, 7) is 7.47. The topological polar surface area (TPSA) is 45.1 Å². The van der Waals surface area contributed by atoms with Gasteiger partial charge < -0.3 is 14.7 Å². The molecular formula is C25H26N2O2. The van der Waals surface area contributed by atoms with Gasteiger partial charge in [0.1, 0.15) is 5.69 Å². The van der Waals surface area contributed by atoms with Gasteiger partial charge in [0.25, 0.3) is 0 Å². The summed E-state index contributed by atoms with van der Waals surface area (Å²) >= 11 is 0. The highest BCUT2D eigenvalue weighted by Gasteiger charge is 2.59. The molecule has 0 aliphatic carbocycles. The van der Waals surface area contributed by atoms with Gasteiger partial charge in [-0.2, -0.15) is 0 Å². The molecule has 1 spiro atoms. The molecule has 2 aliphatic heterocycles. The molecule has 4 nitrogen and oxygen atoms in total. The number of hydrogen-bond donors (Lipinski definition) is 1. The maximum absolute atomic E-state index is 10.8. The van der Waals surface area contributed by atoms with Gasteiger partial charge in [-0.15, -0.1) is 0 Å². The summed E-state index contributed by atoms with van der Waals surface area (Å²) in [6.07, 6.45) is 4.11. The van der Waals surface area contributed by atoms with E-state index in [4.69, 9.17) is 9.73 Å². The summed E-state index contributed by atoms with van der Waals surface area (Å²) in [5.41, 5.74) is 2.01. The molecule has 0 fully saturated rings. The van der Waals surface area contributed by atoms with E-state index < -0.39 is 5.72 Å². The molecule has 5 rings (SSSR count). The molecule has 1 N–H and O–H groups in total. The Labute approximate surface area is 171 Å². The summed E-state index contributed by atoms with van der Waals surface area (Å²) in [4.78, 5) is 7.23. The number of benzene rings is 3. The van der Waals surface area contributed by atoms with Gasteiger partial charge in [0.2, 0.25) is 5.72 Å². The number of rotatable bonds is 3. The average Bonchev–Trinajstić information content (AvgIpc) is 2.91. The number of nitrogens with zero attached hydrogens (tertiary/aromatic N) is 2. The summed E-state index contributed by atoms with van der Waals surface area (Å²) in [6, 6.07) is 18.2. The van der Waals surface area contributed by atoms with Crippen LogP contribution in [0.2, 0.25) is 0 Å². The predicted molar refractivity (Wildman–Crippen MR) is 119 cm³/mol. The summed E-state index contributed by atoms with van der Waals surface area (Å²) in [5.74, 6) is 0.603. The lowest BCUT2D eigenvalue weighted by atomic mass is 9.77. The first-order valence-electron chi connectivity index (χ1n) is 10.4. The van der Waals surface area contributed by atoms with Crippen LogP contribution in [0, 0.1) is 0 Å². The van der Waals surface area contributed by atoms with Crippen LogP contribution in [0.5, 0.6) is 11.5 Å². The number of para-hydroxylation sites is 1. The van der Waals surface area contributed by atoms with E-state index in [0.717, 1.165) is 30.2 Å². The normalized spacial score (nSPS) is 21.3. The molecular weight excluding hydrogens is 360 g/mol. The Morgan fingerprint density at radius 1 is 1.07 bits per heavy atom. The molecule has 1 unspecified atom stereocenters. The molecule has 1 atom stereocenters. The molecule has 3 aromatic rings. The van der Waals surface area contributed by atoms with Crippen molar-refractivity contribution < 1.29 is 9.84 Å². The second-order valence-corrected chi connectivity index (χ2v) is 8.50. The van der Waals surface area contributed by atoms with E-state index in [1.165, 1.54) is 11.3 Å². The molecule has 0 saturated heterocycles. The van der Waals surface area contributed by atoms with Crippen molar-refractivity contribution >= 4 is 28.4 Å². The highest BCUT2D eigenvalue weighted by molar-refractivity contribution is 6.01. The molecule has 29 heavy (non-hydrogen) atoms. The zero-order valence-corrected chi connectivity index (χ0v) is 17.1. The van der Waals surface area contributed by atoms with E-state index >= 15 is 0 Å². The van der Waals surface area contributed by atoms with Crippen LogP contribution in [0.25, 0.3) is 10.8 Å². The van der Waals surface area contributed by atoms with Crippen molar-refractivity contribution in [3.8, 4) is 11.5 Å². The molecule has 148 valence electrons. The van der Waals surface area contributed by atoms with Crippen molar-refractivity contribution in [2.45, 2.75) is 44.8 Å². The first-order chi connectivity index (χ1) is 14.0. The number of anilines is 1. The van der Waals surface area contributed by atoms with Crippen LogP contribution in [0.1, 0.15) is 39.2 Å². The Kier molecular flexibility index (Phi) is 3.89. The third kappa shape index (κ3) is 2.35. The molecule has 4 heteroatoms. The van der Waals surface area contributed by atoms with E-state index in [2.05, 4.69) is 49.9 Å². The van der Waals surface area contributed by atoms with Crippen LogP contribution in [-0.2, 0) is 5.41 Å². The van der Waals surface area contributed by atoms with Gasteiger partial charge in [-0.25, -0.2) is 0 Å². The van der Waals surface area contributed by atoms with Gasteiger partial charge in [0.15, 0.2) is 11.5 Å². The van der Waals surface area contributed by atoms with Crippen LogP contribution in [0.3, 0.4) is 0 Å². The Bertz CT molecular complexity index is 1130. The lowest BCUT2D eigenvalue weighted by Gasteiger charge is -2.46. The number of aromatic hydroxyl groups is 1. The minimum absolute atomic E-state index is 0.136.